The molecule has 123 heavy (non-hydrogen) atoms. The number of sulfonamides is 2. The van der Waals surface area contributed by atoms with Gasteiger partial charge in [0.2, 0.25) is 26.0 Å². The number of hydrogen-bond donors (Lipinski definition) is 3. The van der Waals surface area contributed by atoms with E-state index in [2.05, 4.69) is 59.7 Å². The summed E-state index contributed by atoms with van der Waals surface area (Å²) in [4.78, 5) is 53.4. The second-order valence-corrected chi connectivity index (χ2v) is 41.0. The Morgan fingerprint density at radius 2 is 0.846 bits per heavy atom. The van der Waals surface area contributed by atoms with Crippen molar-refractivity contribution < 1.29 is 61.1 Å². The Labute approximate surface area is 735 Å². The standard InChI is InChI=1S/C80H94Cl6F9N21O5S2/c1-43(2)77(117)96-15-19-109-32-46(22-49(35-109)52-39-112(40-52)65-29-97-68-71(78(87,88)89)105-114(74(68)102-65)45(5)57-12-9-54(81)26-60(57)84)24-63(58-13-10-55(82)27-61(58)85)115-76-70(73(106-115)80(93,94)95)99-31-67(104-76)113-41-53(42-113)50-23-47(33-110(36-50)21-17-101-123(120,121)44(3)4)25-64(59-14-11-56(83)28-62(59)86)116-75-69(72(107-116)79(90,91)92)98-30-66(103-75)111-37-51(38-111)48-8-7-18-108(34-48)20-16-100-122(6,118)119/h9-14,26-31,43-53,63-64,100-101H,7-8,15-25,32-42H2,1-6H3,(H,96,117). The number of halogens is 15. The molecule has 3 aromatic carbocycles. The number of nitrogens with one attached hydrogen (secondary N) is 3. The van der Waals surface area contributed by atoms with Crippen LogP contribution in [0.25, 0.3) is 33.5 Å². The Morgan fingerprint density at radius 3 is 1.24 bits per heavy atom. The molecule has 0 aliphatic carbocycles. The lowest BCUT2D eigenvalue weighted by atomic mass is 9.75. The Hall–Kier alpha value is -7.01. The molecule has 26 nitrogen and oxygen atoms in total. The van der Waals surface area contributed by atoms with Gasteiger partial charge in [0.25, 0.3) is 0 Å². The minimum absolute atomic E-state index is 0.0327. The van der Waals surface area contributed by atoms with Crippen molar-refractivity contribution in [2.24, 2.45) is 53.3 Å². The molecule has 15 rings (SSSR count). The van der Waals surface area contributed by atoms with Gasteiger partial charge in [-0.15, -0.1) is 0 Å². The van der Waals surface area contributed by atoms with E-state index in [1.54, 1.807) is 71.0 Å². The predicted molar refractivity (Wildman–Crippen MR) is 455 cm³/mol. The van der Waals surface area contributed by atoms with E-state index >= 15 is 26.3 Å². The molecular formula is C80H94Cl6F9N21O5S2. The number of hydrogen-bond acceptors (Lipinski definition) is 20. The van der Waals surface area contributed by atoms with Gasteiger partial charge in [-0.25, -0.2) is 70.2 Å². The van der Waals surface area contributed by atoms with Crippen LogP contribution in [0.2, 0.25) is 30.1 Å². The van der Waals surface area contributed by atoms with Gasteiger partial charge < -0.3 is 34.7 Å². The van der Waals surface area contributed by atoms with Crippen molar-refractivity contribution in [1.82, 2.24) is 88.7 Å². The number of nitrogens with zero attached hydrogens (tertiary/aromatic N) is 18. The molecule has 8 atom stereocenters. The average Bonchev–Trinajstić information content (AvgIpc) is 1.62. The summed E-state index contributed by atoms with van der Waals surface area (Å²) in [5.41, 5.74) is -4.32. The maximum Gasteiger partial charge on any atom is 0.437 e. The number of carbonyl (C=O) groups excluding carboxylic acids is 1. The smallest absolute Gasteiger partial charge is 0.355 e. The van der Waals surface area contributed by atoms with Gasteiger partial charge in [-0.2, -0.15) is 54.8 Å². The van der Waals surface area contributed by atoms with E-state index in [9.17, 15) is 34.8 Å². The van der Waals surface area contributed by atoms with Crippen LogP contribution in [0, 0.1) is 53.3 Å². The summed E-state index contributed by atoms with van der Waals surface area (Å²) in [6.45, 7) is 16.2. The zero-order valence-corrected chi connectivity index (χ0v) is 74.1. The predicted octanol–water partition coefficient (Wildman–Crippen LogP) is 14.6. The second-order valence-electron chi connectivity index (χ2n) is 34.3. The Morgan fingerprint density at radius 1 is 0.472 bits per heavy atom. The largest absolute Gasteiger partial charge is 0.437 e. The lowest BCUT2D eigenvalue weighted by molar-refractivity contribution is -0.141. The van der Waals surface area contributed by atoms with Crippen LogP contribution in [0.4, 0.5) is 57.0 Å². The molecular weight excluding hydrogens is 1780 g/mol. The lowest BCUT2D eigenvalue weighted by Crippen LogP contribution is -2.55. The number of anilines is 3. The number of carbonyl (C=O) groups is 1. The molecule has 9 aromatic rings. The number of piperidine rings is 3. The number of rotatable bonds is 29. The number of likely N-dealkylation sites (tertiary alicyclic amines) is 3. The highest BCUT2D eigenvalue weighted by atomic mass is 35.5. The Kier molecular flexibility index (Phi) is 26.8. The Bertz CT molecular complexity index is 5620. The molecule has 12 heterocycles. The van der Waals surface area contributed by atoms with Gasteiger partial charge >= 0.3 is 18.5 Å². The van der Waals surface area contributed by atoms with Crippen molar-refractivity contribution in [2.75, 3.05) is 139 Å². The van der Waals surface area contributed by atoms with E-state index < -0.39 is 95.6 Å². The molecule has 6 fully saturated rings. The first-order valence-electron chi connectivity index (χ1n) is 41.0. The molecule has 1 amide bonds. The third kappa shape index (κ3) is 20.3. The second kappa shape index (κ2) is 36.3. The monoisotopic (exact) mass is 1870 g/mol. The van der Waals surface area contributed by atoms with Crippen molar-refractivity contribution in [3.8, 4) is 0 Å². The summed E-state index contributed by atoms with van der Waals surface area (Å²) in [7, 11) is -7.08. The van der Waals surface area contributed by atoms with E-state index in [-0.39, 0.29) is 146 Å². The van der Waals surface area contributed by atoms with E-state index in [0.29, 0.717) is 125 Å². The summed E-state index contributed by atoms with van der Waals surface area (Å²) < 4.78 is 196. The highest BCUT2D eigenvalue weighted by molar-refractivity contribution is 7.90. The lowest BCUT2D eigenvalue weighted by Gasteiger charge is -2.49. The first kappa shape index (κ1) is 90.8. The summed E-state index contributed by atoms with van der Waals surface area (Å²) in [5.74, 6) is -0.0286. The van der Waals surface area contributed by atoms with Crippen molar-refractivity contribution in [3.63, 3.8) is 0 Å². The normalized spacial score (nSPS) is 21.4. The molecule has 0 bridgehead atoms. The topological polar surface area (TPSA) is 272 Å². The zero-order valence-electron chi connectivity index (χ0n) is 68.0. The number of amides is 1. The fourth-order valence-electron chi connectivity index (χ4n) is 18.5. The molecule has 6 saturated heterocycles. The maximum atomic E-state index is 15.7. The molecule has 0 spiro atoms. The molecule has 666 valence electrons. The molecule has 0 saturated carbocycles. The van der Waals surface area contributed by atoms with E-state index in [0.717, 1.165) is 36.9 Å². The molecule has 0 radical (unpaired) electrons. The molecule has 6 aliphatic heterocycles. The number of benzene rings is 3. The van der Waals surface area contributed by atoms with Crippen molar-refractivity contribution in [3.05, 3.63) is 137 Å². The third-order valence-electron chi connectivity index (χ3n) is 25.0. The van der Waals surface area contributed by atoms with E-state index in [1.165, 1.54) is 46.2 Å². The van der Waals surface area contributed by atoms with Crippen LogP contribution in [-0.2, 0) is 43.4 Å². The molecule has 6 aromatic heterocycles. The van der Waals surface area contributed by atoms with Crippen LogP contribution in [0.1, 0.15) is 125 Å². The summed E-state index contributed by atoms with van der Waals surface area (Å²) >= 11 is 40.2. The summed E-state index contributed by atoms with van der Waals surface area (Å²) in [6, 6.07) is 11.3. The van der Waals surface area contributed by atoms with Crippen LogP contribution in [-0.4, -0.2) is 226 Å². The SMILES string of the molecule is CC(C)C(=O)NCCN1CC(CC(c2ccc(Cl)cc2Cl)n2nc(C(F)(F)F)c3ncc(N4CC(C5CC(CC(c6ccc(Cl)cc6Cl)n6nc(C(F)(F)F)c7ncc(N8CC(C9CCCN(CCNS(C)(=O)=O)C9)C8)nc76)CN(CCNS(=O)(=O)C(C)C)C5)C4)nc32)CC(C2CN(c3cnc4c(C(F)(F)F)nn(C(C)c5ccc(Cl)cc5Cl)c4n3)C2)C1. The van der Waals surface area contributed by atoms with Crippen LogP contribution >= 0.6 is 69.6 Å². The highest BCUT2D eigenvalue weighted by Gasteiger charge is 2.48. The summed E-state index contributed by atoms with van der Waals surface area (Å²) in [5, 5.41) is 16.4. The zero-order chi connectivity index (χ0) is 87.8. The number of aromatic nitrogens is 12. The van der Waals surface area contributed by atoms with Crippen molar-refractivity contribution in [1.29, 1.82) is 0 Å². The van der Waals surface area contributed by atoms with Crippen LogP contribution in [0.3, 0.4) is 0 Å². The maximum absolute atomic E-state index is 15.7. The first-order chi connectivity index (χ1) is 58.1. The molecule has 6 aliphatic rings. The molecule has 3 N–H and O–H groups in total. The highest BCUT2D eigenvalue weighted by Crippen LogP contribution is 2.48. The fraction of sp³-hybridized carbons (Fsp3) is 0.575. The number of fused-ring (bicyclic) bond motifs is 3. The van der Waals surface area contributed by atoms with Crippen molar-refractivity contribution >= 4 is 147 Å². The van der Waals surface area contributed by atoms with Gasteiger partial charge in [-0.1, -0.05) is 102 Å². The Balaban J connectivity index is 0.706. The van der Waals surface area contributed by atoms with Gasteiger partial charge in [0.15, 0.2) is 34.0 Å². The number of alkyl halides is 9. The van der Waals surface area contributed by atoms with Crippen molar-refractivity contribution in [2.45, 2.75) is 115 Å². The average molecular weight is 1880 g/mol. The van der Waals surface area contributed by atoms with E-state index in [4.69, 9.17) is 84.6 Å². The quantitative estimate of drug-likeness (QED) is 0.0368. The fourth-order valence-corrected chi connectivity index (χ4v) is 21.3. The minimum atomic E-state index is -5.03. The molecule has 43 heteroatoms. The minimum Gasteiger partial charge on any atom is -0.355 e. The summed E-state index contributed by atoms with van der Waals surface area (Å²) in [6.07, 6.45) is -6.60. The first-order valence-corrected chi connectivity index (χ1v) is 46.7. The van der Waals surface area contributed by atoms with Gasteiger partial charge in [0.1, 0.15) is 34.0 Å². The van der Waals surface area contributed by atoms with Crippen LogP contribution in [0.15, 0.2) is 73.2 Å². The van der Waals surface area contributed by atoms with Crippen LogP contribution < -0.4 is 29.5 Å². The third-order valence-corrected chi connectivity index (χ3v) is 29.3. The van der Waals surface area contributed by atoms with Gasteiger partial charge in [0, 0.05) is 147 Å². The van der Waals surface area contributed by atoms with Crippen LogP contribution in [0.5, 0.6) is 0 Å². The van der Waals surface area contributed by atoms with Gasteiger partial charge in [-0.3, -0.25) is 4.79 Å². The van der Waals surface area contributed by atoms with Gasteiger partial charge in [0.05, 0.1) is 48.2 Å². The molecule has 8 unspecified atom stereocenters. The van der Waals surface area contributed by atoms with E-state index in [1.807, 2.05) is 14.7 Å². The van der Waals surface area contributed by atoms with Gasteiger partial charge in [-0.05, 0) is 166 Å².